The summed E-state index contributed by atoms with van der Waals surface area (Å²) in [6.07, 6.45) is 0.567. The molecule has 1 amide bonds. The van der Waals surface area contributed by atoms with E-state index >= 15 is 0 Å². The van der Waals surface area contributed by atoms with Crippen LogP contribution in [0.25, 0.3) is 10.9 Å². The second-order valence-corrected chi connectivity index (χ2v) is 5.39. The molecule has 128 valence electrons. The van der Waals surface area contributed by atoms with E-state index in [2.05, 4.69) is 15.3 Å². The standard InChI is InChI=1S/C17H12F3N3O2/c18-11-1-2-14-9(4-11)3-10(17(25)23-14)5-16(24)22-8-15-13(20)6-12(19)7-21-15/h1-4,6-7H,5,8H2,(H,22,24)(H,23,25). The van der Waals surface area contributed by atoms with E-state index in [4.69, 9.17) is 0 Å². The molecule has 0 spiro atoms. The second kappa shape index (κ2) is 6.76. The fourth-order valence-corrected chi connectivity index (χ4v) is 2.34. The number of carbonyl (C=O) groups excluding carboxylic acids is 1. The van der Waals surface area contributed by atoms with E-state index in [-0.39, 0.29) is 24.2 Å². The summed E-state index contributed by atoms with van der Waals surface area (Å²) in [5.74, 6) is -2.71. The molecule has 3 rings (SSSR count). The lowest BCUT2D eigenvalue weighted by atomic mass is 10.1. The van der Waals surface area contributed by atoms with Gasteiger partial charge in [0.15, 0.2) is 0 Å². The summed E-state index contributed by atoms with van der Waals surface area (Å²) in [6.45, 7) is -0.245. The van der Waals surface area contributed by atoms with Crippen molar-refractivity contribution in [3.8, 4) is 0 Å². The Labute approximate surface area is 139 Å². The molecule has 0 saturated heterocycles. The zero-order valence-electron chi connectivity index (χ0n) is 12.8. The van der Waals surface area contributed by atoms with Crippen LogP contribution in [-0.2, 0) is 17.8 Å². The Bertz CT molecular complexity index is 1020. The summed E-state index contributed by atoms with van der Waals surface area (Å²) in [5, 5.41) is 2.86. The highest BCUT2D eigenvalue weighted by molar-refractivity contribution is 5.82. The van der Waals surface area contributed by atoms with Crippen LogP contribution in [-0.4, -0.2) is 15.9 Å². The molecule has 0 fully saturated rings. The fraction of sp³-hybridized carbons (Fsp3) is 0.118. The molecule has 8 heteroatoms. The number of nitrogens with zero attached hydrogens (tertiary/aromatic N) is 1. The van der Waals surface area contributed by atoms with Crippen molar-refractivity contribution >= 4 is 16.8 Å². The van der Waals surface area contributed by atoms with Gasteiger partial charge in [-0.05, 0) is 24.3 Å². The average Bonchev–Trinajstić information content (AvgIpc) is 2.55. The molecule has 2 N–H and O–H groups in total. The van der Waals surface area contributed by atoms with E-state index in [0.29, 0.717) is 17.0 Å². The predicted molar refractivity (Wildman–Crippen MR) is 84.2 cm³/mol. The first-order chi connectivity index (χ1) is 11.9. The number of halogens is 3. The van der Waals surface area contributed by atoms with Crippen molar-refractivity contribution in [2.75, 3.05) is 0 Å². The summed E-state index contributed by atoms with van der Waals surface area (Å²) in [7, 11) is 0. The van der Waals surface area contributed by atoms with Crippen molar-refractivity contribution in [3.05, 3.63) is 75.6 Å². The molecular weight excluding hydrogens is 335 g/mol. The smallest absolute Gasteiger partial charge is 0.252 e. The molecule has 3 aromatic rings. The highest BCUT2D eigenvalue weighted by Gasteiger charge is 2.11. The van der Waals surface area contributed by atoms with Crippen LogP contribution >= 0.6 is 0 Å². The molecule has 0 aliphatic rings. The highest BCUT2D eigenvalue weighted by Crippen LogP contribution is 2.13. The number of hydrogen-bond acceptors (Lipinski definition) is 3. The van der Waals surface area contributed by atoms with Crippen molar-refractivity contribution in [1.29, 1.82) is 0 Å². The van der Waals surface area contributed by atoms with Crippen molar-refractivity contribution in [2.45, 2.75) is 13.0 Å². The van der Waals surface area contributed by atoms with Crippen molar-refractivity contribution in [1.82, 2.24) is 15.3 Å². The third-order valence-corrected chi connectivity index (χ3v) is 3.57. The predicted octanol–water partition coefficient (Wildman–Crippen LogP) is 2.20. The van der Waals surface area contributed by atoms with Gasteiger partial charge in [-0.25, -0.2) is 13.2 Å². The Morgan fingerprint density at radius 1 is 1.12 bits per heavy atom. The van der Waals surface area contributed by atoms with Gasteiger partial charge in [0.25, 0.3) is 5.56 Å². The molecule has 2 heterocycles. The maximum Gasteiger partial charge on any atom is 0.252 e. The van der Waals surface area contributed by atoms with E-state index in [0.717, 1.165) is 6.20 Å². The Balaban J connectivity index is 1.73. The quantitative estimate of drug-likeness (QED) is 0.760. The maximum atomic E-state index is 13.5. The minimum atomic E-state index is -0.876. The second-order valence-electron chi connectivity index (χ2n) is 5.39. The number of nitrogens with one attached hydrogen (secondary N) is 2. The monoisotopic (exact) mass is 347 g/mol. The van der Waals surface area contributed by atoms with E-state index in [1.54, 1.807) is 0 Å². The summed E-state index contributed by atoms with van der Waals surface area (Å²) in [5.41, 5.74) is 0.000802. The fourth-order valence-electron chi connectivity index (χ4n) is 2.34. The minimum Gasteiger partial charge on any atom is -0.350 e. The molecular formula is C17H12F3N3O2. The van der Waals surface area contributed by atoms with Gasteiger partial charge >= 0.3 is 0 Å². The van der Waals surface area contributed by atoms with E-state index in [1.807, 2.05) is 0 Å². The molecule has 25 heavy (non-hydrogen) atoms. The molecule has 0 aliphatic carbocycles. The van der Waals surface area contributed by atoms with Gasteiger partial charge < -0.3 is 10.3 Å². The third kappa shape index (κ3) is 3.85. The largest absolute Gasteiger partial charge is 0.350 e. The van der Waals surface area contributed by atoms with Gasteiger partial charge in [-0.15, -0.1) is 0 Å². The van der Waals surface area contributed by atoms with Crippen LogP contribution in [0.2, 0.25) is 0 Å². The molecule has 0 atom stereocenters. The SMILES string of the molecule is O=C(Cc1cc2cc(F)ccc2[nH]c1=O)NCc1ncc(F)cc1F. The number of aromatic amines is 1. The van der Waals surface area contributed by atoms with Crippen molar-refractivity contribution in [3.63, 3.8) is 0 Å². The van der Waals surface area contributed by atoms with Crippen LogP contribution in [0.5, 0.6) is 0 Å². The van der Waals surface area contributed by atoms with Crippen LogP contribution < -0.4 is 10.9 Å². The van der Waals surface area contributed by atoms with Gasteiger partial charge in [-0.2, -0.15) is 0 Å². The van der Waals surface area contributed by atoms with Crippen LogP contribution in [0.15, 0.2) is 41.3 Å². The Hall–Kier alpha value is -3.16. The molecule has 0 aliphatic heterocycles. The summed E-state index contributed by atoms with van der Waals surface area (Å²) < 4.78 is 39.5. The number of H-pyrrole nitrogens is 1. The minimum absolute atomic E-state index is 0.121. The van der Waals surface area contributed by atoms with Crippen LogP contribution in [0.4, 0.5) is 13.2 Å². The number of amides is 1. The number of aromatic nitrogens is 2. The van der Waals surface area contributed by atoms with Gasteiger partial charge in [0, 0.05) is 22.5 Å². The molecule has 0 radical (unpaired) electrons. The highest BCUT2D eigenvalue weighted by atomic mass is 19.1. The number of fused-ring (bicyclic) bond motifs is 1. The molecule has 2 aromatic heterocycles. The number of rotatable bonds is 4. The molecule has 0 saturated carbocycles. The maximum absolute atomic E-state index is 13.5. The van der Waals surface area contributed by atoms with Crippen molar-refractivity contribution in [2.24, 2.45) is 0 Å². The summed E-state index contributed by atoms with van der Waals surface area (Å²) in [6, 6.07) is 5.98. The number of carbonyl (C=O) groups is 1. The van der Waals surface area contributed by atoms with Gasteiger partial charge in [-0.1, -0.05) is 0 Å². The molecule has 1 aromatic carbocycles. The first-order valence-corrected chi connectivity index (χ1v) is 7.30. The zero-order chi connectivity index (χ0) is 18.0. The number of benzene rings is 1. The average molecular weight is 347 g/mol. The molecule has 5 nitrogen and oxygen atoms in total. The van der Waals surface area contributed by atoms with Gasteiger partial charge in [0.05, 0.1) is 24.9 Å². The summed E-state index contributed by atoms with van der Waals surface area (Å²) >= 11 is 0. The van der Waals surface area contributed by atoms with E-state index in [1.165, 1.54) is 24.3 Å². The lowest BCUT2D eigenvalue weighted by Crippen LogP contribution is -2.28. The first-order valence-electron chi connectivity index (χ1n) is 7.30. The van der Waals surface area contributed by atoms with E-state index < -0.39 is 28.9 Å². The van der Waals surface area contributed by atoms with Crippen molar-refractivity contribution < 1.29 is 18.0 Å². The summed E-state index contributed by atoms with van der Waals surface area (Å²) in [4.78, 5) is 30.0. The van der Waals surface area contributed by atoms with Gasteiger partial charge in [-0.3, -0.25) is 14.6 Å². The van der Waals surface area contributed by atoms with Crippen LogP contribution in [0.1, 0.15) is 11.3 Å². The van der Waals surface area contributed by atoms with Gasteiger partial charge in [0.1, 0.15) is 17.5 Å². The Kier molecular flexibility index (Phi) is 4.51. The Morgan fingerprint density at radius 2 is 1.92 bits per heavy atom. The lowest BCUT2D eigenvalue weighted by molar-refractivity contribution is -0.120. The van der Waals surface area contributed by atoms with Gasteiger partial charge in [0.2, 0.25) is 5.91 Å². The Morgan fingerprint density at radius 3 is 2.68 bits per heavy atom. The van der Waals surface area contributed by atoms with Crippen LogP contribution in [0, 0.1) is 17.5 Å². The van der Waals surface area contributed by atoms with E-state index in [9.17, 15) is 22.8 Å². The first kappa shape index (κ1) is 16.7. The topological polar surface area (TPSA) is 74.8 Å². The lowest BCUT2D eigenvalue weighted by Gasteiger charge is -2.06. The zero-order valence-corrected chi connectivity index (χ0v) is 12.8. The third-order valence-electron chi connectivity index (χ3n) is 3.57. The normalized spacial score (nSPS) is 10.8. The number of hydrogen-bond donors (Lipinski definition) is 2. The number of pyridine rings is 2. The molecule has 0 unspecified atom stereocenters. The molecule has 0 bridgehead atoms. The van der Waals surface area contributed by atoms with Crippen LogP contribution in [0.3, 0.4) is 0 Å².